The summed E-state index contributed by atoms with van der Waals surface area (Å²) in [5.74, 6) is 1.13. The van der Waals surface area contributed by atoms with Gasteiger partial charge in [0, 0.05) is 11.1 Å². The molecule has 5 aromatic rings. The summed E-state index contributed by atoms with van der Waals surface area (Å²) in [6, 6.07) is 35.2. The molecule has 0 fully saturated rings. The molecular formula is C29H20N4O. The van der Waals surface area contributed by atoms with Gasteiger partial charge >= 0.3 is 0 Å². The maximum Gasteiger partial charge on any atom is 0.282 e. The van der Waals surface area contributed by atoms with Crippen molar-refractivity contribution in [3.05, 3.63) is 126 Å². The van der Waals surface area contributed by atoms with Gasteiger partial charge in [-0.3, -0.25) is 9.69 Å². The second-order valence-electron chi connectivity index (χ2n) is 8.00. The SMILES string of the molecule is O=C1/C(=C/c2ccccc2)N=C(c2ccccc2)N1c1ccccc1-c1nc2ccccc2[nH]1. The molecule has 1 aromatic heterocycles. The summed E-state index contributed by atoms with van der Waals surface area (Å²) in [4.78, 5) is 28.4. The predicted molar refractivity (Wildman–Crippen MR) is 136 cm³/mol. The lowest BCUT2D eigenvalue weighted by atomic mass is 10.1. The molecule has 0 radical (unpaired) electrons. The number of nitrogens with zero attached hydrogens (tertiary/aromatic N) is 3. The van der Waals surface area contributed by atoms with Crippen LogP contribution in [0.15, 0.2) is 120 Å². The number of amidine groups is 1. The highest BCUT2D eigenvalue weighted by Gasteiger charge is 2.34. The quantitative estimate of drug-likeness (QED) is 0.345. The van der Waals surface area contributed by atoms with Crippen LogP contribution in [0.4, 0.5) is 5.69 Å². The van der Waals surface area contributed by atoms with Gasteiger partial charge in [0.15, 0.2) is 0 Å². The lowest BCUT2D eigenvalue weighted by Crippen LogP contribution is -2.33. The number of aromatic nitrogens is 2. The van der Waals surface area contributed by atoms with E-state index in [0.717, 1.165) is 33.4 Å². The number of hydrogen-bond acceptors (Lipinski definition) is 3. The number of aliphatic imine (C=N–C) groups is 1. The number of H-pyrrole nitrogens is 1. The molecule has 0 spiro atoms. The van der Waals surface area contributed by atoms with Crippen LogP contribution in [0, 0.1) is 0 Å². The summed E-state index contributed by atoms with van der Waals surface area (Å²) in [5, 5.41) is 0. The Morgan fingerprint density at radius 1 is 0.735 bits per heavy atom. The lowest BCUT2D eigenvalue weighted by Gasteiger charge is -2.21. The molecule has 5 nitrogen and oxygen atoms in total. The molecule has 0 unspecified atom stereocenters. The van der Waals surface area contributed by atoms with Crippen molar-refractivity contribution in [2.24, 2.45) is 4.99 Å². The topological polar surface area (TPSA) is 61.4 Å². The first kappa shape index (κ1) is 19.9. The van der Waals surface area contributed by atoms with Crippen LogP contribution in [-0.2, 0) is 4.79 Å². The number of hydrogen-bond donors (Lipinski definition) is 1. The summed E-state index contributed by atoms with van der Waals surface area (Å²) in [6.07, 6.45) is 1.83. The van der Waals surface area contributed by atoms with Crippen molar-refractivity contribution < 1.29 is 4.79 Å². The molecule has 1 aliphatic rings. The molecule has 1 amide bonds. The van der Waals surface area contributed by atoms with E-state index in [2.05, 4.69) is 4.98 Å². The van der Waals surface area contributed by atoms with Crippen molar-refractivity contribution in [3.8, 4) is 11.4 Å². The molecule has 2 heterocycles. The van der Waals surface area contributed by atoms with Crippen molar-refractivity contribution in [2.45, 2.75) is 0 Å². The number of aromatic amines is 1. The third-order valence-corrected chi connectivity index (χ3v) is 5.78. The molecule has 0 saturated heterocycles. The van der Waals surface area contributed by atoms with Gasteiger partial charge in [-0.2, -0.15) is 0 Å². The highest BCUT2D eigenvalue weighted by atomic mass is 16.2. The second-order valence-corrected chi connectivity index (χ2v) is 8.00. The zero-order valence-electron chi connectivity index (χ0n) is 18.2. The largest absolute Gasteiger partial charge is 0.338 e. The van der Waals surface area contributed by atoms with Crippen LogP contribution in [0.1, 0.15) is 11.1 Å². The van der Waals surface area contributed by atoms with E-state index in [0.29, 0.717) is 17.4 Å². The molecule has 6 rings (SSSR count). The van der Waals surface area contributed by atoms with Gasteiger partial charge < -0.3 is 4.98 Å². The first-order valence-corrected chi connectivity index (χ1v) is 11.1. The van der Waals surface area contributed by atoms with Crippen molar-refractivity contribution in [2.75, 3.05) is 4.90 Å². The first-order chi connectivity index (χ1) is 16.8. The van der Waals surface area contributed by atoms with Gasteiger partial charge in [-0.25, -0.2) is 9.98 Å². The Morgan fingerprint density at radius 3 is 2.21 bits per heavy atom. The molecule has 34 heavy (non-hydrogen) atoms. The van der Waals surface area contributed by atoms with E-state index in [1.165, 1.54) is 0 Å². The number of benzene rings is 4. The van der Waals surface area contributed by atoms with Crippen LogP contribution in [-0.4, -0.2) is 21.7 Å². The van der Waals surface area contributed by atoms with E-state index >= 15 is 0 Å². The first-order valence-electron chi connectivity index (χ1n) is 11.1. The minimum atomic E-state index is -0.175. The number of imidazole rings is 1. The van der Waals surface area contributed by atoms with E-state index in [1.54, 1.807) is 4.90 Å². The Labute approximate surface area is 196 Å². The fourth-order valence-electron chi connectivity index (χ4n) is 4.18. The zero-order chi connectivity index (χ0) is 22.9. The Kier molecular flexibility index (Phi) is 4.85. The molecule has 5 heteroatoms. The van der Waals surface area contributed by atoms with Crippen molar-refractivity contribution >= 4 is 34.5 Å². The van der Waals surface area contributed by atoms with Crippen LogP contribution in [0.3, 0.4) is 0 Å². The molecule has 0 bridgehead atoms. The number of fused-ring (bicyclic) bond motifs is 1. The maximum absolute atomic E-state index is 13.8. The van der Waals surface area contributed by atoms with Gasteiger partial charge in [-0.1, -0.05) is 84.9 Å². The van der Waals surface area contributed by atoms with Crippen molar-refractivity contribution in [1.29, 1.82) is 0 Å². The van der Waals surface area contributed by atoms with Crippen LogP contribution >= 0.6 is 0 Å². The van der Waals surface area contributed by atoms with E-state index < -0.39 is 0 Å². The van der Waals surface area contributed by atoms with Gasteiger partial charge in [0.1, 0.15) is 17.4 Å². The average molecular weight is 441 g/mol. The summed E-state index contributed by atoms with van der Waals surface area (Å²) >= 11 is 0. The van der Waals surface area contributed by atoms with E-state index in [1.807, 2.05) is 115 Å². The molecule has 162 valence electrons. The van der Waals surface area contributed by atoms with Crippen LogP contribution in [0.25, 0.3) is 28.5 Å². The predicted octanol–water partition coefficient (Wildman–Crippen LogP) is 6.06. The standard InChI is InChI=1S/C29H20N4O/c34-29-25(19-20-11-3-1-4-12-20)32-28(21-13-5-2-6-14-21)33(29)26-18-10-7-15-22(26)27-30-23-16-8-9-17-24(23)31-27/h1-19H,(H,30,31)/b25-19-. The monoisotopic (exact) mass is 440 g/mol. The Hall–Kier alpha value is -4.77. The van der Waals surface area contributed by atoms with E-state index in [4.69, 9.17) is 9.98 Å². The van der Waals surface area contributed by atoms with Crippen LogP contribution in [0.5, 0.6) is 0 Å². The van der Waals surface area contributed by atoms with Gasteiger partial charge in [0.05, 0.1) is 16.7 Å². The summed E-state index contributed by atoms with van der Waals surface area (Å²) in [5.41, 5.74) is 5.57. The molecule has 1 N–H and O–H groups in total. The smallest absolute Gasteiger partial charge is 0.282 e. The number of para-hydroxylation sites is 3. The number of amides is 1. The molecule has 0 aliphatic carbocycles. The highest BCUT2D eigenvalue weighted by Crippen LogP contribution is 2.35. The third-order valence-electron chi connectivity index (χ3n) is 5.78. The molecule has 1 aliphatic heterocycles. The summed E-state index contributed by atoms with van der Waals surface area (Å²) in [6.45, 7) is 0. The molecule has 4 aromatic carbocycles. The van der Waals surface area contributed by atoms with Gasteiger partial charge in [0.25, 0.3) is 5.91 Å². The minimum Gasteiger partial charge on any atom is -0.338 e. The van der Waals surface area contributed by atoms with Gasteiger partial charge in [-0.15, -0.1) is 0 Å². The minimum absolute atomic E-state index is 0.175. The summed E-state index contributed by atoms with van der Waals surface area (Å²) < 4.78 is 0. The van der Waals surface area contributed by atoms with Gasteiger partial charge in [-0.05, 0) is 35.9 Å². The average Bonchev–Trinajstić information content (AvgIpc) is 3.46. The normalized spacial score (nSPS) is 14.7. The fourth-order valence-corrected chi connectivity index (χ4v) is 4.18. The Balaban J connectivity index is 1.52. The molecule has 0 atom stereocenters. The second kappa shape index (κ2) is 8.30. The number of rotatable bonds is 4. The van der Waals surface area contributed by atoms with E-state index in [-0.39, 0.29) is 5.91 Å². The lowest BCUT2D eigenvalue weighted by molar-refractivity contribution is -0.113. The summed E-state index contributed by atoms with van der Waals surface area (Å²) in [7, 11) is 0. The van der Waals surface area contributed by atoms with E-state index in [9.17, 15) is 4.79 Å². The number of anilines is 1. The fraction of sp³-hybridized carbons (Fsp3) is 0. The molecule has 0 saturated carbocycles. The Bertz CT molecular complexity index is 1530. The third kappa shape index (κ3) is 3.49. The highest BCUT2D eigenvalue weighted by molar-refractivity contribution is 6.34. The van der Waals surface area contributed by atoms with Crippen LogP contribution in [0.2, 0.25) is 0 Å². The number of carbonyl (C=O) groups excluding carboxylic acids is 1. The van der Waals surface area contributed by atoms with Gasteiger partial charge in [0.2, 0.25) is 0 Å². The van der Waals surface area contributed by atoms with Crippen LogP contribution < -0.4 is 4.90 Å². The number of nitrogens with one attached hydrogen (secondary N) is 1. The molecular weight excluding hydrogens is 420 g/mol. The number of carbonyl (C=O) groups is 1. The van der Waals surface area contributed by atoms with Crippen molar-refractivity contribution in [1.82, 2.24) is 9.97 Å². The zero-order valence-corrected chi connectivity index (χ0v) is 18.2. The van der Waals surface area contributed by atoms with Crippen molar-refractivity contribution in [3.63, 3.8) is 0 Å². The Morgan fingerprint density at radius 2 is 1.41 bits per heavy atom. The maximum atomic E-state index is 13.8.